The average molecular weight is 257 g/mol. The molecular formula is C10H13ClN4S. The van der Waals surface area contributed by atoms with Crippen LogP contribution in [0.2, 0.25) is 0 Å². The second-order valence-electron chi connectivity index (χ2n) is 3.25. The molecule has 86 valence electrons. The van der Waals surface area contributed by atoms with Crippen molar-refractivity contribution >= 4 is 28.9 Å². The van der Waals surface area contributed by atoms with Gasteiger partial charge in [-0.15, -0.1) is 22.6 Å². The van der Waals surface area contributed by atoms with Gasteiger partial charge in [-0.3, -0.25) is 5.01 Å². The number of hydrazine groups is 1. The lowest BCUT2D eigenvalue weighted by Crippen LogP contribution is -2.24. The van der Waals surface area contributed by atoms with E-state index < -0.39 is 0 Å². The zero-order valence-electron chi connectivity index (χ0n) is 8.83. The summed E-state index contributed by atoms with van der Waals surface area (Å²) in [5, 5.41) is 11.3. The third-order valence-electron chi connectivity index (χ3n) is 1.96. The molecule has 1 aromatic carbocycles. The Bertz CT molecular complexity index is 429. The monoisotopic (exact) mass is 256 g/mol. The standard InChI is InChI=1S/C10H12N4S.ClH/c1-14(11)10-13-12-9(15-10)7-8-5-3-2-4-6-8;/h2-6H,7,11H2,1H3;1H. The average Bonchev–Trinajstić information content (AvgIpc) is 2.68. The van der Waals surface area contributed by atoms with Crippen LogP contribution < -0.4 is 10.9 Å². The molecule has 0 fully saturated rings. The van der Waals surface area contributed by atoms with Crippen LogP contribution in [-0.4, -0.2) is 17.2 Å². The maximum atomic E-state index is 5.56. The third kappa shape index (κ3) is 3.16. The second kappa shape index (κ2) is 5.79. The molecule has 0 saturated heterocycles. The molecular weight excluding hydrogens is 244 g/mol. The van der Waals surface area contributed by atoms with Crippen molar-refractivity contribution in [2.24, 2.45) is 5.84 Å². The first-order chi connectivity index (χ1) is 7.25. The van der Waals surface area contributed by atoms with E-state index in [0.717, 1.165) is 16.6 Å². The molecule has 6 heteroatoms. The van der Waals surface area contributed by atoms with E-state index in [1.165, 1.54) is 21.9 Å². The number of hydrogen-bond acceptors (Lipinski definition) is 5. The topological polar surface area (TPSA) is 55.0 Å². The van der Waals surface area contributed by atoms with Crippen molar-refractivity contribution in [2.45, 2.75) is 6.42 Å². The smallest absolute Gasteiger partial charge is 0.222 e. The SMILES string of the molecule is CN(N)c1nnc(Cc2ccccc2)s1.Cl. The van der Waals surface area contributed by atoms with Gasteiger partial charge in [0, 0.05) is 13.5 Å². The molecule has 0 saturated carbocycles. The summed E-state index contributed by atoms with van der Waals surface area (Å²) < 4.78 is 0. The van der Waals surface area contributed by atoms with Gasteiger partial charge in [-0.2, -0.15) is 0 Å². The van der Waals surface area contributed by atoms with Crippen LogP contribution in [-0.2, 0) is 6.42 Å². The molecule has 2 aromatic rings. The van der Waals surface area contributed by atoms with E-state index in [4.69, 9.17) is 5.84 Å². The van der Waals surface area contributed by atoms with Crippen LogP contribution >= 0.6 is 23.7 Å². The molecule has 0 bridgehead atoms. The molecule has 0 aliphatic heterocycles. The Morgan fingerprint density at radius 3 is 2.50 bits per heavy atom. The minimum atomic E-state index is 0. The molecule has 0 aliphatic rings. The van der Waals surface area contributed by atoms with Crippen LogP contribution in [0.1, 0.15) is 10.6 Å². The Morgan fingerprint density at radius 1 is 1.25 bits per heavy atom. The summed E-state index contributed by atoms with van der Waals surface area (Å²) in [5.74, 6) is 5.56. The van der Waals surface area contributed by atoms with Gasteiger partial charge in [-0.1, -0.05) is 41.7 Å². The number of nitrogens with zero attached hydrogens (tertiary/aromatic N) is 3. The molecule has 0 atom stereocenters. The van der Waals surface area contributed by atoms with Crippen LogP contribution in [0.3, 0.4) is 0 Å². The Balaban J connectivity index is 0.00000128. The van der Waals surface area contributed by atoms with Gasteiger partial charge < -0.3 is 0 Å². The van der Waals surface area contributed by atoms with Crippen LogP contribution in [0.15, 0.2) is 30.3 Å². The highest BCUT2D eigenvalue weighted by Crippen LogP contribution is 2.19. The van der Waals surface area contributed by atoms with Crippen molar-refractivity contribution in [2.75, 3.05) is 12.1 Å². The minimum Gasteiger partial charge on any atom is -0.288 e. The fourth-order valence-corrected chi connectivity index (χ4v) is 1.99. The van der Waals surface area contributed by atoms with Gasteiger partial charge in [0.05, 0.1) is 0 Å². The Morgan fingerprint density at radius 2 is 1.94 bits per heavy atom. The Labute approximate surface area is 104 Å². The molecule has 16 heavy (non-hydrogen) atoms. The van der Waals surface area contributed by atoms with Gasteiger partial charge in [0.2, 0.25) is 5.13 Å². The van der Waals surface area contributed by atoms with Crippen molar-refractivity contribution in [3.05, 3.63) is 40.9 Å². The summed E-state index contributed by atoms with van der Waals surface area (Å²) in [6.45, 7) is 0. The van der Waals surface area contributed by atoms with E-state index in [0.29, 0.717) is 0 Å². The molecule has 0 amide bonds. The van der Waals surface area contributed by atoms with E-state index in [9.17, 15) is 0 Å². The third-order valence-corrected chi connectivity index (χ3v) is 2.97. The maximum absolute atomic E-state index is 5.56. The van der Waals surface area contributed by atoms with Gasteiger partial charge in [-0.05, 0) is 5.56 Å². The first-order valence-corrected chi connectivity index (χ1v) is 5.42. The molecule has 2 rings (SSSR count). The van der Waals surface area contributed by atoms with E-state index in [1.54, 1.807) is 7.05 Å². The highest BCUT2D eigenvalue weighted by molar-refractivity contribution is 7.15. The van der Waals surface area contributed by atoms with E-state index in [-0.39, 0.29) is 12.4 Å². The molecule has 0 radical (unpaired) electrons. The molecule has 1 heterocycles. The van der Waals surface area contributed by atoms with Crippen LogP contribution in [0.5, 0.6) is 0 Å². The predicted molar refractivity (Wildman–Crippen MR) is 69.0 cm³/mol. The lowest BCUT2D eigenvalue weighted by atomic mass is 10.2. The molecule has 2 N–H and O–H groups in total. The summed E-state index contributed by atoms with van der Waals surface area (Å²) in [6, 6.07) is 10.2. The second-order valence-corrected chi connectivity index (χ2v) is 4.29. The van der Waals surface area contributed by atoms with Crippen LogP contribution in [0.25, 0.3) is 0 Å². The normalized spacial score (nSPS) is 9.62. The van der Waals surface area contributed by atoms with E-state index >= 15 is 0 Å². The molecule has 0 aliphatic carbocycles. The highest BCUT2D eigenvalue weighted by Gasteiger charge is 2.06. The van der Waals surface area contributed by atoms with Gasteiger partial charge in [-0.25, -0.2) is 5.84 Å². The summed E-state index contributed by atoms with van der Waals surface area (Å²) in [7, 11) is 1.76. The van der Waals surface area contributed by atoms with Crippen LogP contribution in [0.4, 0.5) is 5.13 Å². The van der Waals surface area contributed by atoms with Gasteiger partial charge in [0.25, 0.3) is 0 Å². The van der Waals surface area contributed by atoms with Crippen molar-refractivity contribution < 1.29 is 0 Å². The summed E-state index contributed by atoms with van der Waals surface area (Å²) in [4.78, 5) is 0. The Hall–Kier alpha value is -1.17. The van der Waals surface area contributed by atoms with Crippen molar-refractivity contribution in [1.29, 1.82) is 0 Å². The number of halogens is 1. The fraction of sp³-hybridized carbons (Fsp3) is 0.200. The summed E-state index contributed by atoms with van der Waals surface area (Å²) in [5.41, 5.74) is 1.24. The van der Waals surface area contributed by atoms with Gasteiger partial charge >= 0.3 is 0 Å². The number of anilines is 1. The van der Waals surface area contributed by atoms with E-state index in [1.807, 2.05) is 18.2 Å². The molecule has 0 unspecified atom stereocenters. The lowest BCUT2D eigenvalue weighted by molar-refractivity contribution is 0.938. The zero-order chi connectivity index (χ0) is 10.7. The number of hydrogen-bond donors (Lipinski definition) is 1. The van der Waals surface area contributed by atoms with Crippen molar-refractivity contribution in [3.63, 3.8) is 0 Å². The first kappa shape index (κ1) is 12.9. The minimum absolute atomic E-state index is 0. The van der Waals surface area contributed by atoms with Crippen molar-refractivity contribution in [1.82, 2.24) is 10.2 Å². The number of rotatable bonds is 3. The van der Waals surface area contributed by atoms with Gasteiger partial charge in [0.1, 0.15) is 5.01 Å². The first-order valence-electron chi connectivity index (χ1n) is 4.60. The molecule has 0 spiro atoms. The lowest BCUT2D eigenvalue weighted by Gasteiger charge is -2.03. The van der Waals surface area contributed by atoms with E-state index in [2.05, 4.69) is 22.3 Å². The highest BCUT2D eigenvalue weighted by atomic mass is 35.5. The van der Waals surface area contributed by atoms with Crippen molar-refractivity contribution in [3.8, 4) is 0 Å². The quantitative estimate of drug-likeness (QED) is 0.673. The molecule has 4 nitrogen and oxygen atoms in total. The number of benzene rings is 1. The van der Waals surface area contributed by atoms with Gasteiger partial charge in [0.15, 0.2) is 0 Å². The maximum Gasteiger partial charge on any atom is 0.222 e. The fourth-order valence-electron chi connectivity index (χ4n) is 1.23. The number of aromatic nitrogens is 2. The number of nitrogens with two attached hydrogens (primary N) is 1. The largest absolute Gasteiger partial charge is 0.288 e. The zero-order valence-corrected chi connectivity index (χ0v) is 10.5. The summed E-state index contributed by atoms with van der Waals surface area (Å²) >= 11 is 1.51. The van der Waals surface area contributed by atoms with Crippen LogP contribution in [0, 0.1) is 0 Å². The Kier molecular flexibility index (Phi) is 4.67. The summed E-state index contributed by atoms with van der Waals surface area (Å²) in [6.07, 6.45) is 0.812. The molecule has 1 aromatic heterocycles. The predicted octanol–water partition coefficient (Wildman–Crippen LogP) is 1.86.